The van der Waals surface area contributed by atoms with Gasteiger partial charge in [0, 0.05) is 25.2 Å². The standard InChI is InChI=1S/C16H30N2O4S/c1-11(2)14-9-12-10-17(15(19)22-16(3,4)5)8-7-13(12)18(14)23(6,20)21/h11-14H,7-10H2,1-6H3/t12-,13-,14+/m0/s1. The molecule has 2 rings (SSSR count). The highest BCUT2D eigenvalue weighted by atomic mass is 32.2. The molecular weight excluding hydrogens is 316 g/mol. The lowest BCUT2D eigenvalue weighted by molar-refractivity contribution is 0.0139. The van der Waals surface area contributed by atoms with E-state index in [1.807, 2.05) is 20.8 Å². The van der Waals surface area contributed by atoms with Crippen LogP contribution in [0.4, 0.5) is 4.79 Å². The third-order valence-electron chi connectivity index (χ3n) is 4.70. The van der Waals surface area contributed by atoms with Crippen LogP contribution >= 0.6 is 0 Å². The van der Waals surface area contributed by atoms with Gasteiger partial charge in [0.2, 0.25) is 10.0 Å². The second kappa shape index (κ2) is 6.24. The van der Waals surface area contributed by atoms with Gasteiger partial charge < -0.3 is 9.64 Å². The van der Waals surface area contributed by atoms with Gasteiger partial charge in [-0.05, 0) is 45.4 Å². The first kappa shape index (κ1) is 18.5. The molecule has 0 aromatic heterocycles. The molecule has 0 aliphatic carbocycles. The molecule has 0 N–H and O–H groups in total. The molecule has 2 saturated heterocycles. The van der Waals surface area contributed by atoms with Crippen LogP contribution in [0.3, 0.4) is 0 Å². The summed E-state index contributed by atoms with van der Waals surface area (Å²) in [5, 5.41) is 0. The summed E-state index contributed by atoms with van der Waals surface area (Å²) in [5.74, 6) is 0.462. The molecule has 0 aromatic carbocycles. The second-order valence-electron chi connectivity index (χ2n) is 8.18. The van der Waals surface area contributed by atoms with Gasteiger partial charge in [0.05, 0.1) is 6.26 Å². The number of carbonyl (C=O) groups excluding carboxylic acids is 1. The monoisotopic (exact) mass is 346 g/mol. The Kier molecular flexibility index (Phi) is 5.02. The van der Waals surface area contributed by atoms with E-state index in [1.165, 1.54) is 6.26 Å². The molecule has 0 spiro atoms. The topological polar surface area (TPSA) is 66.9 Å². The van der Waals surface area contributed by atoms with E-state index in [1.54, 1.807) is 9.21 Å². The van der Waals surface area contributed by atoms with Gasteiger partial charge in [-0.1, -0.05) is 13.8 Å². The zero-order valence-electron chi connectivity index (χ0n) is 15.1. The van der Waals surface area contributed by atoms with Crippen molar-refractivity contribution in [2.45, 2.75) is 65.1 Å². The van der Waals surface area contributed by atoms with Gasteiger partial charge in [0.15, 0.2) is 0 Å². The van der Waals surface area contributed by atoms with Crippen LogP contribution in [0.2, 0.25) is 0 Å². The van der Waals surface area contributed by atoms with Gasteiger partial charge in [-0.2, -0.15) is 4.31 Å². The Morgan fingerprint density at radius 2 is 1.87 bits per heavy atom. The normalized spacial score (nSPS) is 29.7. The fourth-order valence-electron chi connectivity index (χ4n) is 3.80. The maximum absolute atomic E-state index is 12.3. The van der Waals surface area contributed by atoms with Crippen LogP contribution in [-0.4, -0.2) is 60.7 Å². The highest BCUT2D eigenvalue weighted by molar-refractivity contribution is 7.88. The average molecular weight is 346 g/mol. The van der Waals surface area contributed by atoms with Crippen LogP contribution in [0.1, 0.15) is 47.5 Å². The summed E-state index contributed by atoms with van der Waals surface area (Å²) in [6, 6.07) is 0.0367. The van der Waals surface area contributed by atoms with Gasteiger partial charge in [0.1, 0.15) is 5.60 Å². The molecule has 2 aliphatic rings. The molecule has 7 heteroatoms. The molecule has 2 fully saturated rings. The van der Waals surface area contributed by atoms with E-state index in [9.17, 15) is 13.2 Å². The van der Waals surface area contributed by atoms with Crippen molar-refractivity contribution in [2.75, 3.05) is 19.3 Å². The highest BCUT2D eigenvalue weighted by Gasteiger charge is 2.49. The zero-order valence-corrected chi connectivity index (χ0v) is 15.9. The van der Waals surface area contributed by atoms with Gasteiger partial charge in [-0.15, -0.1) is 0 Å². The van der Waals surface area contributed by atoms with E-state index < -0.39 is 15.6 Å². The first-order valence-corrected chi connectivity index (χ1v) is 10.2. The predicted octanol–water partition coefficient (Wildman–Crippen LogP) is 2.30. The summed E-state index contributed by atoms with van der Waals surface area (Å²) >= 11 is 0. The lowest BCUT2D eigenvalue weighted by Crippen LogP contribution is -2.51. The van der Waals surface area contributed by atoms with Crippen molar-refractivity contribution in [3.05, 3.63) is 0 Å². The van der Waals surface area contributed by atoms with Gasteiger partial charge >= 0.3 is 6.09 Å². The number of ether oxygens (including phenoxy) is 1. The molecule has 2 heterocycles. The molecule has 0 unspecified atom stereocenters. The Bertz CT molecular complexity index is 553. The quantitative estimate of drug-likeness (QED) is 0.769. The van der Waals surface area contributed by atoms with E-state index in [0.29, 0.717) is 19.5 Å². The summed E-state index contributed by atoms with van der Waals surface area (Å²) in [4.78, 5) is 14.0. The van der Waals surface area contributed by atoms with Crippen LogP contribution in [0, 0.1) is 11.8 Å². The van der Waals surface area contributed by atoms with E-state index in [0.717, 1.165) is 6.42 Å². The number of piperidine rings is 1. The minimum Gasteiger partial charge on any atom is -0.444 e. The highest BCUT2D eigenvalue weighted by Crippen LogP contribution is 2.40. The lowest BCUT2D eigenvalue weighted by atomic mass is 9.91. The van der Waals surface area contributed by atoms with Gasteiger partial charge in [0.25, 0.3) is 0 Å². The van der Waals surface area contributed by atoms with E-state index >= 15 is 0 Å². The van der Waals surface area contributed by atoms with Crippen molar-refractivity contribution < 1.29 is 17.9 Å². The number of rotatable bonds is 2. The second-order valence-corrected chi connectivity index (χ2v) is 10.1. The smallest absolute Gasteiger partial charge is 0.410 e. The number of likely N-dealkylation sites (tertiary alicyclic amines) is 1. The van der Waals surface area contributed by atoms with Crippen molar-refractivity contribution in [1.29, 1.82) is 0 Å². The third-order valence-corrected chi connectivity index (χ3v) is 6.00. The number of hydrogen-bond donors (Lipinski definition) is 0. The Labute approximate surface area is 140 Å². The van der Waals surface area contributed by atoms with Crippen LogP contribution in [0.5, 0.6) is 0 Å². The van der Waals surface area contributed by atoms with Crippen molar-refractivity contribution >= 4 is 16.1 Å². The number of sulfonamides is 1. The van der Waals surface area contributed by atoms with Crippen LogP contribution < -0.4 is 0 Å². The summed E-state index contributed by atoms with van der Waals surface area (Å²) in [6.45, 7) is 10.8. The minimum atomic E-state index is -3.24. The minimum absolute atomic E-state index is 0.0103. The maximum atomic E-state index is 12.3. The van der Waals surface area contributed by atoms with Gasteiger partial charge in [-0.25, -0.2) is 13.2 Å². The summed E-state index contributed by atoms with van der Waals surface area (Å²) in [5.41, 5.74) is -0.511. The first-order valence-electron chi connectivity index (χ1n) is 8.36. The molecule has 6 nitrogen and oxygen atoms in total. The number of hydrogen-bond acceptors (Lipinski definition) is 4. The van der Waals surface area contributed by atoms with Crippen molar-refractivity contribution in [2.24, 2.45) is 11.8 Å². The SMILES string of the molecule is CC(C)[C@H]1C[C@H]2CN(C(=O)OC(C)(C)C)CC[C@@H]2N1S(C)(=O)=O. The molecule has 0 radical (unpaired) electrons. The Morgan fingerprint density at radius 3 is 2.35 bits per heavy atom. The maximum Gasteiger partial charge on any atom is 0.410 e. The molecule has 0 saturated carbocycles. The third kappa shape index (κ3) is 4.18. The molecule has 23 heavy (non-hydrogen) atoms. The molecule has 2 aliphatic heterocycles. The molecule has 0 bridgehead atoms. The van der Waals surface area contributed by atoms with Crippen LogP contribution in [0.15, 0.2) is 0 Å². The van der Waals surface area contributed by atoms with Crippen molar-refractivity contribution in [1.82, 2.24) is 9.21 Å². The Balaban J connectivity index is 2.13. The molecule has 134 valence electrons. The fraction of sp³-hybridized carbons (Fsp3) is 0.938. The lowest BCUT2D eigenvalue weighted by Gasteiger charge is -2.38. The van der Waals surface area contributed by atoms with E-state index in [4.69, 9.17) is 4.74 Å². The van der Waals surface area contributed by atoms with Gasteiger partial charge in [-0.3, -0.25) is 0 Å². The predicted molar refractivity (Wildman–Crippen MR) is 89.6 cm³/mol. The molecule has 3 atom stereocenters. The van der Waals surface area contributed by atoms with Crippen LogP contribution in [-0.2, 0) is 14.8 Å². The summed E-state index contributed by atoms with van der Waals surface area (Å²) in [7, 11) is -3.24. The number of fused-ring (bicyclic) bond motifs is 1. The number of nitrogens with zero attached hydrogens (tertiary/aromatic N) is 2. The Hall–Kier alpha value is -0.820. The fourth-order valence-corrected chi connectivity index (χ4v) is 5.39. The summed E-state index contributed by atoms with van der Waals surface area (Å²) in [6.07, 6.45) is 2.50. The Morgan fingerprint density at radius 1 is 1.26 bits per heavy atom. The van der Waals surface area contributed by atoms with Crippen molar-refractivity contribution in [3.8, 4) is 0 Å². The van der Waals surface area contributed by atoms with E-state index in [-0.39, 0.29) is 30.0 Å². The average Bonchev–Trinajstić information content (AvgIpc) is 2.74. The van der Waals surface area contributed by atoms with E-state index in [2.05, 4.69) is 13.8 Å². The largest absolute Gasteiger partial charge is 0.444 e. The number of carbonyl (C=O) groups is 1. The van der Waals surface area contributed by atoms with Crippen molar-refractivity contribution in [3.63, 3.8) is 0 Å². The number of amides is 1. The molecule has 0 aromatic rings. The zero-order chi connectivity index (χ0) is 17.6. The molecule has 1 amide bonds. The first-order chi connectivity index (χ1) is 10.4. The summed E-state index contributed by atoms with van der Waals surface area (Å²) < 4.78 is 31.6. The molecular formula is C16H30N2O4S. The van der Waals surface area contributed by atoms with Crippen LogP contribution in [0.25, 0.3) is 0 Å².